The molecule has 0 aromatic rings. The Bertz CT molecular complexity index is 141. The van der Waals surface area contributed by atoms with Gasteiger partial charge in [-0.1, -0.05) is 92.8 Å². The molecule has 0 heterocycles. The van der Waals surface area contributed by atoms with Crippen LogP contribution in [-0.4, -0.2) is 18.7 Å². The third-order valence-electron chi connectivity index (χ3n) is 0.754. The van der Waals surface area contributed by atoms with Crippen LogP contribution in [0.2, 0.25) is 0 Å². The van der Waals surface area contributed by atoms with Crippen molar-refractivity contribution in [3.8, 4) is 0 Å². The third-order valence-corrected chi connectivity index (χ3v) is 3.47. The Morgan fingerprint density at radius 2 is 0.923 bits per heavy atom. The zero-order valence-corrected chi connectivity index (χ0v) is 11.6. The Morgan fingerprint density at radius 3 is 1.08 bits per heavy atom. The molecular formula is C4H2Cl8O. The standard InChI is InChI=1S/C4H2Cl8O/c5-1(3(7,8)9)13-2(6)4(10,11)12/h1-2H/t1-,2-/m1/s1. The molecule has 0 amide bonds. The fourth-order valence-corrected chi connectivity index (χ4v) is 0.826. The van der Waals surface area contributed by atoms with Gasteiger partial charge in [0.05, 0.1) is 0 Å². The molecule has 0 aliphatic rings. The van der Waals surface area contributed by atoms with E-state index in [9.17, 15) is 0 Å². The number of halogens is 8. The van der Waals surface area contributed by atoms with Crippen molar-refractivity contribution in [1.82, 2.24) is 0 Å². The Morgan fingerprint density at radius 1 is 0.692 bits per heavy atom. The van der Waals surface area contributed by atoms with Gasteiger partial charge in [-0.2, -0.15) is 0 Å². The summed E-state index contributed by atoms with van der Waals surface area (Å²) in [6.45, 7) is 0. The molecule has 0 aromatic heterocycles. The number of ether oxygens (including phenoxy) is 1. The summed E-state index contributed by atoms with van der Waals surface area (Å²) < 4.78 is 1.03. The lowest BCUT2D eigenvalue weighted by molar-refractivity contribution is 0.0865. The van der Waals surface area contributed by atoms with Crippen LogP contribution in [0.3, 0.4) is 0 Å². The number of rotatable bonds is 2. The molecule has 0 saturated heterocycles. The van der Waals surface area contributed by atoms with Gasteiger partial charge in [0.2, 0.25) is 7.59 Å². The number of hydrogen-bond acceptors (Lipinski definition) is 1. The normalized spacial score (nSPS) is 18.5. The molecule has 2 atom stereocenters. The molecule has 0 unspecified atom stereocenters. The van der Waals surface area contributed by atoms with Crippen molar-refractivity contribution in [3.05, 3.63) is 0 Å². The monoisotopic (exact) mass is 346 g/mol. The zero-order valence-electron chi connectivity index (χ0n) is 5.59. The zero-order chi connectivity index (χ0) is 10.9. The van der Waals surface area contributed by atoms with Gasteiger partial charge in [0.25, 0.3) is 0 Å². The summed E-state index contributed by atoms with van der Waals surface area (Å²) in [5, 5.41) is 0. The van der Waals surface area contributed by atoms with Crippen LogP contribution in [0.1, 0.15) is 0 Å². The van der Waals surface area contributed by atoms with Crippen molar-refractivity contribution < 1.29 is 4.74 Å². The molecule has 0 spiro atoms. The maximum Gasteiger partial charge on any atom is 0.230 e. The van der Waals surface area contributed by atoms with Crippen LogP contribution < -0.4 is 0 Å². The molecule has 0 saturated carbocycles. The minimum Gasteiger partial charge on any atom is -0.334 e. The van der Waals surface area contributed by atoms with Gasteiger partial charge in [-0.15, -0.1) is 0 Å². The first-order chi connectivity index (χ1) is 5.55. The van der Waals surface area contributed by atoms with Crippen LogP contribution in [-0.2, 0) is 4.74 Å². The number of alkyl halides is 8. The lowest BCUT2D eigenvalue weighted by Crippen LogP contribution is -2.32. The lowest BCUT2D eigenvalue weighted by atomic mass is 10.7. The molecule has 9 heteroatoms. The van der Waals surface area contributed by atoms with Crippen molar-refractivity contribution in [2.24, 2.45) is 0 Å². The van der Waals surface area contributed by atoms with Crippen molar-refractivity contribution in [3.63, 3.8) is 0 Å². The van der Waals surface area contributed by atoms with E-state index in [0.717, 1.165) is 0 Å². The van der Waals surface area contributed by atoms with Gasteiger partial charge in [0, 0.05) is 0 Å². The second kappa shape index (κ2) is 5.56. The first-order valence-electron chi connectivity index (χ1n) is 2.62. The van der Waals surface area contributed by atoms with Crippen molar-refractivity contribution >= 4 is 92.8 Å². The van der Waals surface area contributed by atoms with Crippen LogP contribution in [0, 0.1) is 0 Å². The minimum atomic E-state index is -1.84. The van der Waals surface area contributed by atoms with E-state index in [2.05, 4.69) is 0 Å². The van der Waals surface area contributed by atoms with Crippen molar-refractivity contribution in [2.75, 3.05) is 0 Å². The molecule has 0 radical (unpaired) electrons. The fourth-order valence-electron chi connectivity index (χ4n) is 0.259. The van der Waals surface area contributed by atoms with E-state index in [1.165, 1.54) is 0 Å². The SMILES string of the molecule is Cl[C@H](O[C@@H](Cl)C(Cl)(Cl)Cl)C(Cl)(Cl)Cl. The minimum absolute atomic E-state index is 1.31. The quantitative estimate of drug-likeness (QED) is 0.646. The number of hydrogen-bond donors (Lipinski definition) is 0. The van der Waals surface area contributed by atoms with Crippen LogP contribution in [0.4, 0.5) is 0 Å². The summed E-state index contributed by atoms with van der Waals surface area (Å²) in [6.07, 6.45) is 0. The third kappa shape index (κ3) is 6.44. The average molecular weight is 350 g/mol. The van der Waals surface area contributed by atoms with Crippen molar-refractivity contribution in [2.45, 2.75) is 18.7 Å². The highest BCUT2D eigenvalue weighted by Crippen LogP contribution is 2.40. The van der Waals surface area contributed by atoms with Gasteiger partial charge in [0.15, 0.2) is 11.1 Å². The topological polar surface area (TPSA) is 9.23 Å². The van der Waals surface area contributed by atoms with Crippen LogP contribution in [0.5, 0.6) is 0 Å². The first kappa shape index (κ1) is 15.3. The van der Waals surface area contributed by atoms with Gasteiger partial charge in [-0.05, 0) is 0 Å². The van der Waals surface area contributed by atoms with Gasteiger partial charge in [-0.25, -0.2) is 0 Å². The molecule has 0 bridgehead atoms. The maximum atomic E-state index is 5.48. The fraction of sp³-hybridized carbons (Fsp3) is 1.00. The summed E-state index contributed by atoms with van der Waals surface area (Å²) in [5.41, 5.74) is -2.62. The van der Waals surface area contributed by atoms with E-state index in [1.807, 2.05) is 0 Å². The highest BCUT2D eigenvalue weighted by Gasteiger charge is 2.39. The highest BCUT2D eigenvalue weighted by atomic mass is 35.6. The van der Waals surface area contributed by atoms with Gasteiger partial charge in [0.1, 0.15) is 0 Å². The lowest BCUT2D eigenvalue weighted by Gasteiger charge is -2.24. The molecule has 0 N–H and O–H groups in total. The molecule has 13 heavy (non-hydrogen) atoms. The van der Waals surface area contributed by atoms with E-state index in [4.69, 9.17) is 97.5 Å². The van der Waals surface area contributed by atoms with E-state index < -0.39 is 18.7 Å². The van der Waals surface area contributed by atoms with Crippen LogP contribution in [0.15, 0.2) is 0 Å². The summed E-state index contributed by atoms with van der Waals surface area (Å²) in [4.78, 5) is 0. The molecule has 0 aliphatic heterocycles. The van der Waals surface area contributed by atoms with Gasteiger partial charge < -0.3 is 4.74 Å². The summed E-state index contributed by atoms with van der Waals surface area (Å²) in [6, 6.07) is 0. The first-order valence-corrected chi connectivity index (χ1v) is 5.76. The predicted octanol–water partition coefficient (Wildman–Crippen LogP) is 4.87. The average Bonchev–Trinajstić information content (AvgIpc) is 1.82. The van der Waals surface area contributed by atoms with Gasteiger partial charge in [-0.3, -0.25) is 0 Å². The van der Waals surface area contributed by atoms with E-state index in [1.54, 1.807) is 0 Å². The Labute approximate surface area is 115 Å². The summed E-state index contributed by atoms with van der Waals surface area (Å²) in [7, 11) is 0. The van der Waals surface area contributed by atoms with E-state index in [0.29, 0.717) is 0 Å². The largest absolute Gasteiger partial charge is 0.334 e. The molecule has 0 fully saturated rings. The molecule has 1 nitrogen and oxygen atoms in total. The summed E-state index contributed by atoms with van der Waals surface area (Å²) in [5.74, 6) is 0. The van der Waals surface area contributed by atoms with E-state index in [-0.39, 0.29) is 0 Å². The Kier molecular flexibility index (Phi) is 6.54. The second-order valence-corrected chi connectivity index (χ2v) is 7.38. The van der Waals surface area contributed by atoms with Crippen LogP contribution in [0.25, 0.3) is 0 Å². The molecule has 0 rings (SSSR count). The van der Waals surface area contributed by atoms with Crippen LogP contribution >= 0.6 is 92.8 Å². The summed E-state index contributed by atoms with van der Waals surface area (Å²) >= 11 is 43.1. The highest BCUT2D eigenvalue weighted by molar-refractivity contribution is 6.71. The molecule has 0 aromatic carbocycles. The second-order valence-electron chi connectivity index (χ2n) is 1.85. The Balaban J connectivity index is 4.15. The smallest absolute Gasteiger partial charge is 0.230 e. The maximum absolute atomic E-state index is 5.48. The molecule has 80 valence electrons. The van der Waals surface area contributed by atoms with Gasteiger partial charge >= 0.3 is 0 Å². The predicted molar refractivity (Wildman–Crippen MR) is 60.9 cm³/mol. The van der Waals surface area contributed by atoms with Crippen molar-refractivity contribution in [1.29, 1.82) is 0 Å². The molecular weight excluding hydrogens is 348 g/mol. The van der Waals surface area contributed by atoms with E-state index >= 15 is 0 Å². The Hall–Kier alpha value is 2.28. The molecule has 0 aliphatic carbocycles.